The van der Waals surface area contributed by atoms with Gasteiger partial charge in [-0.1, -0.05) is 0 Å². The first-order chi connectivity index (χ1) is 6.43. The molecule has 0 spiro atoms. The van der Waals surface area contributed by atoms with Crippen molar-refractivity contribution < 1.29 is 19.4 Å². The van der Waals surface area contributed by atoms with Crippen molar-refractivity contribution >= 4 is 21.9 Å². The summed E-state index contributed by atoms with van der Waals surface area (Å²) in [5, 5.41) is 17.8. The third-order valence-electron chi connectivity index (χ3n) is 1.90. The third kappa shape index (κ3) is 2.04. The Hall–Kier alpha value is -1.10. The van der Waals surface area contributed by atoms with Crippen molar-refractivity contribution in [2.24, 2.45) is 0 Å². The van der Waals surface area contributed by atoms with Gasteiger partial charge in [0.25, 0.3) is 0 Å². The van der Waals surface area contributed by atoms with Crippen LogP contribution in [-0.2, 0) is 4.79 Å². The highest BCUT2D eigenvalue weighted by atomic mass is 79.9. The number of phenolic OH excluding ortho intramolecular Hbond substituents is 1. The van der Waals surface area contributed by atoms with Gasteiger partial charge in [0.2, 0.25) is 0 Å². The number of phenols is 1. The minimum Gasteiger partial charge on any atom is -0.507 e. The van der Waals surface area contributed by atoms with Gasteiger partial charge in [0.05, 0.1) is 10.4 Å². The summed E-state index contributed by atoms with van der Waals surface area (Å²) in [6.07, 6.45) is 0. The average molecular weight is 263 g/mol. The van der Waals surface area contributed by atoms with E-state index in [0.29, 0.717) is 0 Å². The molecule has 5 heteroatoms. The van der Waals surface area contributed by atoms with Crippen LogP contribution in [0.25, 0.3) is 0 Å². The lowest BCUT2D eigenvalue weighted by Gasteiger charge is -2.09. The van der Waals surface area contributed by atoms with Gasteiger partial charge in [-0.05, 0) is 28.9 Å². The van der Waals surface area contributed by atoms with Gasteiger partial charge in [-0.2, -0.15) is 0 Å². The first kappa shape index (κ1) is 11.0. The number of carboxylic acid groups (broad SMARTS) is 1. The number of aromatic hydroxyl groups is 1. The smallest absolute Gasteiger partial charge is 0.310 e. The van der Waals surface area contributed by atoms with Crippen molar-refractivity contribution in [3.05, 3.63) is 28.0 Å². The second-order valence-electron chi connectivity index (χ2n) is 2.89. The molecule has 0 aliphatic rings. The predicted octanol–water partition coefficient (Wildman–Crippen LogP) is 2.48. The van der Waals surface area contributed by atoms with E-state index in [4.69, 9.17) is 10.2 Å². The van der Waals surface area contributed by atoms with Crippen LogP contribution in [0.2, 0.25) is 0 Å². The molecule has 0 fully saturated rings. The first-order valence-corrected chi connectivity index (χ1v) is 4.63. The topological polar surface area (TPSA) is 57.5 Å². The fraction of sp³-hybridized carbons (Fsp3) is 0.222. The molecule has 1 aromatic rings. The molecule has 2 N–H and O–H groups in total. The van der Waals surface area contributed by atoms with E-state index in [1.54, 1.807) is 0 Å². The summed E-state index contributed by atoms with van der Waals surface area (Å²) in [5.41, 5.74) is 0.0437. The van der Waals surface area contributed by atoms with E-state index in [1.165, 1.54) is 13.0 Å². The van der Waals surface area contributed by atoms with Gasteiger partial charge in [0.15, 0.2) is 0 Å². The molecule has 0 saturated heterocycles. The van der Waals surface area contributed by atoms with Gasteiger partial charge in [-0.25, -0.2) is 4.39 Å². The zero-order valence-corrected chi connectivity index (χ0v) is 8.88. The van der Waals surface area contributed by atoms with Crippen molar-refractivity contribution in [1.82, 2.24) is 0 Å². The van der Waals surface area contributed by atoms with Gasteiger partial charge in [0, 0.05) is 11.6 Å². The molecule has 0 saturated carbocycles. The number of carboxylic acids is 1. The zero-order chi connectivity index (χ0) is 10.9. The van der Waals surface area contributed by atoms with Crippen molar-refractivity contribution in [2.45, 2.75) is 12.8 Å². The molecule has 1 rings (SSSR count). The van der Waals surface area contributed by atoms with E-state index in [1.807, 2.05) is 0 Å². The fourth-order valence-electron chi connectivity index (χ4n) is 1.02. The quantitative estimate of drug-likeness (QED) is 0.861. The Morgan fingerprint density at radius 2 is 2.14 bits per heavy atom. The molecule has 0 amide bonds. The van der Waals surface area contributed by atoms with E-state index in [2.05, 4.69) is 15.9 Å². The number of rotatable bonds is 2. The summed E-state index contributed by atoms with van der Waals surface area (Å²) < 4.78 is 13.5. The van der Waals surface area contributed by atoms with Crippen LogP contribution in [0.5, 0.6) is 5.75 Å². The maximum Gasteiger partial charge on any atom is 0.310 e. The lowest BCUT2D eigenvalue weighted by molar-refractivity contribution is -0.138. The second kappa shape index (κ2) is 3.96. The number of aliphatic carboxylic acids is 1. The average Bonchev–Trinajstić information content (AvgIpc) is 2.10. The van der Waals surface area contributed by atoms with Gasteiger partial charge in [-0.15, -0.1) is 0 Å². The highest BCUT2D eigenvalue weighted by molar-refractivity contribution is 9.10. The highest BCUT2D eigenvalue weighted by Gasteiger charge is 2.19. The molecular weight excluding hydrogens is 255 g/mol. The Labute approximate surface area is 88.3 Å². The number of carbonyl (C=O) groups is 1. The van der Waals surface area contributed by atoms with Crippen LogP contribution in [0, 0.1) is 5.82 Å². The summed E-state index contributed by atoms with van der Waals surface area (Å²) in [6, 6.07) is 2.16. The molecule has 0 radical (unpaired) electrons. The van der Waals surface area contributed by atoms with Crippen LogP contribution in [0.15, 0.2) is 16.6 Å². The Morgan fingerprint density at radius 3 is 2.64 bits per heavy atom. The molecular formula is C9H8BrFO3. The Balaban J connectivity index is 3.22. The number of benzene rings is 1. The van der Waals surface area contributed by atoms with E-state index < -0.39 is 17.7 Å². The Morgan fingerprint density at radius 1 is 1.57 bits per heavy atom. The van der Waals surface area contributed by atoms with Gasteiger partial charge < -0.3 is 10.2 Å². The Kier molecular flexibility index (Phi) is 3.10. The lowest BCUT2D eigenvalue weighted by Crippen LogP contribution is -2.09. The van der Waals surface area contributed by atoms with Crippen LogP contribution in [0.1, 0.15) is 18.4 Å². The van der Waals surface area contributed by atoms with Gasteiger partial charge >= 0.3 is 5.97 Å². The van der Waals surface area contributed by atoms with E-state index in [0.717, 1.165) is 6.07 Å². The summed E-state index contributed by atoms with van der Waals surface area (Å²) in [7, 11) is 0. The second-order valence-corrected chi connectivity index (χ2v) is 3.74. The van der Waals surface area contributed by atoms with Crippen LogP contribution in [-0.4, -0.2) is 16.2 Å². The molecule has 1 aromatic carbocycles. The standard InChI is InChI=1S/C9H8BrFO3/c1-4(9(13)14)5-2-6(10)8(12)3-7(5)11/h2-4,12H,1H3,(H,13,14). The summed E-state index contributed by atoms with van der Waals surface area (Å²) in [5.74, 6) is -3.02. The van der Waals surface area contributed by atoms with E-state index >= 15 is 0 Å². The zero-order valence-electron chi connectivity index (χ0n) is 7.29. The van der Waals surface area contributed by atoms with Crippen molar-refractivity contribution in [2.75, 3.05) is 0 Å². The monoisotopic (exact) mass is 262 g/mol. The van der Waals surface area contributed by atoms with Crippen molar-refractivity contribution in [3.63, 3.8) is 0 Å². The molecule has 0 heterocycles. The largest absolute Gasteiger partial charge is 0.507 e. The Bertz CT molecular complexity index is 379. The normalized spacial score (nSPS) is 12.5. The van der Waals surface area contributed by atoms with Gasteiger partial charge in [-0.3, -0.25) is 4.79 Å². The minimum absolute atomic E-state index is 0.0437. The predicted molar refractivity (Wildman–Crippen MR) is 51.8 cm³/mol. The molecule has 14 heavy (non-hydrogen) atoms. The van der Waals surface area contributed by atoms with Crippen LogP contribution in [0.3, 0.4) is 0 Å². The van der Waals surface area contributed by atoms with Gasteiger partial charge in [0.1, 0.15) is 11.6 Å². The summed E-state index contributed by atoms with van der Waals surface area (Å²) in [4.78, 5) is 10.6. The SMILES string of the molecule is CC(C(=O)O)c1cc(Br)c(O)cc1F. The third-order valence-corrected chi connectivity index (χ3v) is 2.54. The highest BCUT2D eigenvalue weighted by Crippen LogP contribution is 2.30. The maximum atomic E-state index is 13.2. The summed E-state index contributed by atoms with van der Waals surface area (Å²) >= 11 is 2.99. The molecule has 3 nitrogen and oxygen atoms in total. The molecule has 0 aliphatic carbocycles. The first-order valence-electron chi connectivity index (χ1n) is 3.84. The molecule has 76 valence electrons. The molecule has 1 unspecified atom stereocenters. The molecule has 0 aliphatic heterocycles. The van der Waals surface area contributed by atoms with Crippen molar-refractivity contribution in [1.29, 1.82) is 0 Å². The number of halogens is 2. The molecule has 1 atom stereocenters. The van der Waals surface area contributed by atoms with Crippen molar-refractivity contribution in [3.8, 4) is 5.75 Å². The minimum atomic E-state index is -1.11. The van der Waals surface area contributed by atoms with E-state index in [-0.39, 0.29) is 15.8 Å². The maximum absolute atomic E-state index is 13.2. The van der Waals surface area contributed by atoms with Crippen LogP contribution >= 0.6 is 15.9 Å². The van der Waals surface area contributed by atoms with E-state index in [9.17, 15) is 9.18 Å². The lowest BCUT2D eigenvalue weighted by atomic mass is 10.0. The molecule has 0 aromatic heterocycles. The van der Waals surface area contributed by atoms with Crippen LogP contribution < -0.4 is 0 Å². The number of hydrogen-bond donors (Lipinski definition) is 2. The molecule has 0 bridgehead atoms. The summed E-state index contributed by atoms with van der Waals surface area (Å²) in [6.45, 7) is 1.38. The number of hydrogen-bond acceptors (Lipinski definition) is 2. The fourth-order valence-corrected chi connectivity index (χ4v) is 1.38. The van der Waals surface area contributed by atoms with Crippen LogP contribution in [0.4, 0.5) is 4.39 Å².